The molecule has 1 aromatic heterocycles. The molecule has 0 spiro atoms. The highest BCUT2D eigenvalue weighted by Crippen LogP contribution is 2.18. The second-order valence-electron chi connectivity index (χ2n) is 4.17. The highest BCUT2D eigenvalue weighted by atomic mass is 19.1. The zero-order chi connectivity index (χ0) is 13.0. The van der Waals surface area contributed by atoms with Crippen molar-refractivity contribution in [2.24, 2.45) is 0 Å². The van der Waals surface area contributed by atoms with Crippen LogP contribution in [0.3, 0.4) is 0 Å². The van der Waals surface area contributed by atoms with Crippen LogP contribution >= 0.6 is 0 Å². The van der Waals surface area contributed by atoms with E-state index in [0.717, 1.165) is 18.4 Å². The molecule has 0 fully saturated rings. The third-order valence-corrected chi connectivity index (χ3v) is 2.64. The summed E-state index contributed by atoms with van der Waals surface area (Å²) in [5, 5.41) is 10.9. The number of aryl methyl sites for hydroxylation is 1. The fraction of sp³-hybridized carbons (Fsp3) is 0.385. The number of halogens is 1. The van der Waals surface area contributed by atoms with Crippen molar-refractivity contribution in [3.63, 3.8) is 0 Å². The van der Waals surface area contributed by atoms with Crippen LogP contribution in [0.25, 0.3) is 0 Å². The number of hydrogen-bond acceptors (Lipinski definition) is 4. The lowest BCUT2D eigenvalue weighted by molar-refractivity contribution is 0.497. The summed E-state index contributed by atoms with van der Waals surface area (Å²) in [6, 6.07) is 6.72. The van der Waals surface area contributed by atoms with Crippen LogP contribution in [0.1, 0.15) is 37.8 Å². The van der Waals surface area contributed by atoms with Gasteiger partial charge in [0.2, 0.25) is 5.89 Å². The number of hydrogen-bond donors (Lipinski definition) is 1. The minimum atomic E-state index is -0.242. The summed E-state index contributed by atoms with van der Waals surface area (Å²) in [6.07, 6.45) is 1.74. The van der Waals surface area contributed by atoms with Gasteiger partial charge >= 0.3 is 6.01 Å². The molecule has 0 aliphatic carbocycles. The summed E-state index contributed by atoms with van der Waals surface area (Å²) >= 11 is 0. The van der Waals surface area contributed by atoms with Crippen molar-refractivity contribution in [3.8, 4) is 0 Å². The lowest BCUT2D eigenvalue weighted by atomic mass is 10.1. The first kappa shape index (κ1) is 12.5. The molecule has 4 nitrogen and oxygen atoms in total. The van der Waals surface area contributed by atoms with Crippen LogP contribution in [-0.4, -0.2) is 10.2 Å². The number of nitrogens with zero attached hydrogens (tertiary/aromatic N) is 2. The number of aromatic nitrogens is 2. The van der Waals surface area contributed by atoms with Gasteiger partial charge in [0.05, 0.1) is 6.04 Å². The molecule has 0 saturated heterocycles. The van der Waals surface area contributed by atoms with Gasteiger partial charge in [0, 0.05) is 6.42 Å². The van der Waals surface area contributed by atoms with E-state index >= 15 is 0 Å². The summed E-state index contributed by atoms with van der Waals surface area (Å²) in [4.78, 5) is 0. The lowest BCUT2D eigenvalue weighted by Crippen LogP contribution is -2.06. The van der Waals surface area contributed by atoms with Crippen LogP contribution in [0.15, 0.2) is 28.7 Å². The van der Waals surface area contributed by atoms with Gasteiger partial charge in [-0.05, 0) is 31.0 Å². The van der Waals surface area contributed by atoms with Gasteiger partial charge in [-0.2, -0.15) is 0 Å². The minimum Gasteiger partial charge on any atom is -0.408 e. The first-order valence-electron chi connectivity index (χ1n) is 6.03. The van der Waals surface area contributed by atoms with Gasteiger partial charge in [-0.3, -0.25) is 0 Å². The fourth-order valence-corrected chi connectivity index (χ4v) is 1.65. The number of anilines is 1. The first-order valence-corrected chi connectivity index (χ1v) is 6.03. The second-order valence-corrected chi connectivity index (χ2v) is 4.17. The van der Waals surface area contributed by atoms with Gasteiger partial charge in [0.15, 0.2) is 0 Å². The van der Waals surface area contributed by atoms with Crippen molar-refractivity contribution in [1.29, 1.82) is 0 Å². The molecule has 0 bridgehead atoms. The zero-order valence-corrected chi connectivity index (χ0v) is 10.5. The Morgan fingerprint density at radius 1 is 1.28 bits per heavy atom. The van der Waals surface area contributed by atoms with Crippen molar-refractivity contribution in [2.45, 2.75) is 32.7 Å². The average Bonchev–Trinajstić information content (AvgIpc) is 2.78. The van der Waals surface area contributed by atoms with Gasteiger partial charge < -0.3 is 9.73 Å². The van der Waals surface area contributed by atoms with Gasteiger partial charge in [-0.15, -0.1) is 5.10 Å². The van der Waals surface area contributed by atoms with E-state index in [1.54, 1.807) is 12.1 Å². The summed E-state index contributed by atoms with van der Waals surface area (Å²) in [6.45, 7) is 4.01. The Morgan fingerprint density at radius 2 is 2.00 bits per heavy atom. The highest BCUT2D eigenvalue weighted by molar-refractivity contribution is 5.28. The van der Waals surface area contributed by atoms with Crippen molar-refractivity contribution < 1.29 is 8.81 Å². The Morgan fingerprint density at radius 3 is 2.67 bits per heavy atom. The number of benzene rings is 1. The van der Waals surface area contributed by atoms with Crippen molar-refractivity contribution >= 4 is 6.01 Å². The van der Waals surface area contributed by atoms with E-state index in [4.69, 9.17) is 4.42 Å². The number of rotatable bonds is 5. The molecule has 0 unspecified atom stereocenters. The lowest BCUT2D eigenvalue weighted by Gasteiger charge is -2.11. The molecule has 18 heavy (non-hydrogen) atoms. The van der Waals surface area contributed by atoms with E-state index in [0.29, 0.717) is 11.9 Å². The fourth-order valence-electron chi connectivity index (χ4n) is 1.65. The molecule has 2 rings (SSSR count). The van der Waals surface area contributed by atoms with Crippen molar-refractivity contribution in [1.82, 2.24) is 10.2 Å². The highest BCUT2D eigenvalue weighted by Gasteiger charge is 2.10. The zero-order valence-electron chi connectivity index (χ0n) is 10.5. The maximum absolute atomic E-state index is 12.8. The Hall–Kier alpha value is -1.91. The predicted molar refractivity (Wildman–Crippen MR) is 66.7 cm³/mol. The minimum absolute atomic E-state index is 0.0134. The summed E-state index contributed by atoms with van der Waals surface area (Å²) in [5.41, 5.74) is 0.964. The van der Waals surface area contributed by atoms with Crippen molar-refractivity contribution in [2.75, 3.05) is 5.32 Å². The summed E-state index contributed by atoms with van der Waals surface area (Å²) in [5.74, 6) is 0.389. The monoisotopic (exact) mass is 249 g/mol. The Labute approximate surface area is 105 Å². The van der Waals surface area contributed by atoms with E-state index in [9.17, 15) is 4.39 Å². The molecule has 1 atom stereocenters. The topological polar surface area (TPSA) is 51.0 Å². The molecule has 5 heteroatoms. The maximum Gasteiger partial charge on any atom is 0.315 e. The van der Waals surface area contributed by atoms with E-state index in [1.165, 1.54) is 12.1 Å². The molecule has 1 aromatic carbocycles. The van der Waals surface area contributed by atoms with Crippen LogP contribution in [0, 0.1) is 5.82 Å². The van der Waals surface area contributed by atoms with Gasteiger partial charge in [-0.25, -0.2) is 4.39 Å². The standard InChI is InChI=1S/C13H16FN3O/c1-3-4-12-16-17-13(18-12)15-9(2)10-5-7-11(14)8-6-10/h5-9H,3-4H2,1-2H3,(H,15,17)/t9-/m1/s1. The largest absolute Gasteiger partial charge is 0.408 e. The van der Waals surface area contributed by atoms with Crippen LogP contribution in [0.4, 0.5) is 10.4 Å². The third-order valence-electron chi connectivity index (χ3n) is 2.64. The Balaban J connectivity index is 2.01. The smallest absolute Gasteiger partial charge is 0.315 e. The molecule has 1 heterocycles. The molecular weight excluding hydrogens is 233 g/mol. The first-order chi connectivity index (χ1) is 8.69. The summed E-state index contributed by atoms with van der Waals surface area (Å²) < 4.78 is 18.2. The quantitative estimate of drug-likeness (QED) is 0.883. The molecule has 2 aromatic rings. The molecule has 0 aliphatic heterocycles. The number of nitrogens with one attached hydrogen (secondary N) is 1. The Kier molecular flexibility index (Phi) is 3.92. The predicted octanol–water partition coefficient (Wildman–Crippen LogP) is 3.33. The van der Waals surface area contributed by atoms with Gasteiger partial charge in [-0.1, -0.05) is 24.2 Å². The maximum atomic E-state index is 12.8. The molecule has 1 N–H and O–H groups in total. The van der Waals surface area contributed by atoms with Gasteiger partial charge in [0.1, 0.15) is 5.82 Å². The van der Waals surface area contributed by atoms with E-state index < -0.39 is 0 Å². The molecule has 0 amide bonds. The van der Waals surface area contributed by atoms with Crippen LogP contribution < -0.4 is 5.32 Å². The molecular formula is C13H16FN3O. The molecule has 0 aliphatic rings. The van der Waals surface area contributed by atoms with Crippen molar-refractivity contribution in [3.05, 3.63) is 41.5 Å². The second kappa shape index (κ2) is 5.62. The van der Waals surface area contributed by atoms with Crippen LogP contribution in [-0.2, 0) is 6.42 Å². The molecule has 0 saturated carbocycles. The Bertz CT molecular complexity index is 495. The van der Waals surface area contributed by atoms with Gasteiger partial charge in [0.25, 0.3) is 0 Å². The SMILES string of the molecule is CCCc1nnc(N[C@H](C)c2ccc(F)cc2)o1. The van der Waals surface area contributed by atoms with Crippen LogP contribution in [0.2, 0.25) is 0 Å². The average molecular weight is 249 g/mol. The summed E-state index contributed by atoms with van der Waals surface area (Å²) in [7, 11) is 0. The van der Waals surface area contributed by atoms with E-state index in [2.05, 4.69) is 22.4 Å². The van der Waals surface area contributed by atoms with Crippen LogP contribution in [0.5, 0.6) is 0 Å². The van der Waals surface area contributed by atoms with E-state index in [1.807, 2.05) is 6.92 Å². The third kappa shape index (κ3) is 3.06. The molecule has 0 radical (unpaired) electrons. The molecule has 96 valence electrons. The normalized spacial score (nSPS) is 12.4. The van der Waals surface area contributed by atoms with E-state index in [-0.39, 0.29) is 11.9 Å².